The summed E-state index contributed by atoms with van der Waals surface area (Å²) in [5.74, 6) is 0.137. The Hall–Kier alpha value is -2.22. The van der Waals surface area contributed by atoms with Gasteiger partial charge < -0.3 is 14.6 Å². The van der Waals surface area contributed by atoms with Gasteiger partial charge in [0.1, 0.15) is 5.01 Å². The maximum Gasteiger partial charge on any atom is 0.323 e. The van der Waals surface area contributed by atoms with Gasteiger partial charge in [-0.2, -0.15) is 12.6 Å². The van der Waals surface area contributed by atoms with Crippen molar-refractivity contribution in [3.05, 3.63) is 52.5 Å². The molecule has 5 nitrogen and oxygen atoms in total. The van der Waals surface area contributed by atoms with Crippen LogP contribution in [-0.2, 0) is 4.79 Å². The van der Waals surface area contributed by atoms with Crippen molar-refractivity contribution in [1.82, 2.24) is 4.98 Å². The maximum atomic E-state index is 11.4. The zero-order chi connectivity index (χ0) is 19.6. The number of rotatable bonds is 6. The van der Waals surface area contributed by atoms with Crippen LogP contribution in [0.15, 0.2) is 42.5 Å². The molecule has 8 heteroatoms. The average Bonchev–Trinajstić information content (AvgIpc) is 3.12. The Morgan fingerprint density at radius 1 is 1.11 bits per heavy atom. The van der Waals surface area contributed by atoms with Crippen molar-refractivity contribution in [1.29, 1.82) is 0 Å². The summed E-state index contributed by atoms with van der Waals surface area (Å²) in [5, 5.41) is 9.31. The predicted molar refractivity (Wildman–Crippen MR) is 110 cm³/mol. The van der Waals surface area contributed by atoms with E-state index in [1.54, 1.807) is 32.4 Å². The van der Waals surface area contributed by atoms with Gasteiger partial charge in [0.05, 0.1) is 24.8 Å². The molecule has 27 heavy (non-hydrogen) atoms. The fraction of sp³-hybridized carbons (Fsp3) is 0.158. The maximum absolute atomic E-state index is 11.4. The van der Waals surface area contributed by atoms with Gasteiger partial charge in [0, 0.05) is 10.6 Å². The molecule has 3 aromatic rings. The Morgan fingerprint density at radius 3 is 2.33 bits per heavy atom. The van der Waals surface area contributed by atoms with Crippen molar-refractivity contribution in [2.75, 3.05) is 14.2 Å². The highest BCUT2D eigenvalue weighted by Crippen LogP contribution is 2.42. The number of carbonyl (C=O) groups is 1. The quantitative estimate of drug-likeness (QED) is 0.535. The van der Waals surface area contributed by atoms with E-state index in [-0.39, 0.29) is 0 Å². The molecule has 2 aromatic carbocycles. The van der Waals surface area contributed by atoms with Crippen LogP contribution >= 0.6 is 35.6 Å². The molecule has 0 aliphatic rings. The molecular formula is C19H16ClNO4S2. The summed E-state index contributed by atoms with van der Waals surface area (Å²) in [6, 6.07) is 12.7. The first kappa shape index (κ1) is 19.5. The molecule has 1 heterocycles. The molecule has 0 fully saturated rings. The second-order valence-corrected chi connectivity index (χ2v) is 7.53. The number of aromatic nitrogens is 1. The molecule has 1 N–H and O–H groups in total. The first-order valence-corrected chi connectivity index (χ1v) is 9.55. The number of aliphatic carboxylic acids is 1. The number of thiol groups is 1. The summed E-state index contributed by atoms with van der Waals surface area (Å²) in [5.41, 5.74) is 2.34. The topological polar surface area (TPSA) is 68.7 Å². The summed E-state index contributed by atoms with van der Waals surface area (Å²) in [6.07, 6.45) is 0. The summed E-state index contributed by atoms with van der Waals surface area (Å²) in [6.45, 7) is 0. The zero-order valence-corrected chi connectivity index (χ0v) is 16.9. The van der Waals surface area contributed by atoms with Gasteiger partial charge in [-0.25, -0.2) is 4.98 Å². The minimum absolute atomic E-state index is 0.403. The van der Waals surface area contributed by atoms with Crippen LogP contribution in [0.25, 0.3) is 21.7 Å². The minimum Gasteiger partial charge on any atom is -0.493 e. The molecule has 0 aliphatic heterocycles. The van der Waals surface area contributed by atoms with Crippen LogP contribution in [0.4, 0.5) is 0 Å². The van der Waals surface area contributed by atoms with Gasteiger partial charge in [0.25, 0.3) is 0 Å². The van der Waals surface area contributed by atoms with Crippen molar-refractivity contribution in [3.8, 4) is 33.2 Å². The number of ether oxygens (including phenoxy) is 2. The Labute approximate surface area is 171 Å². The molecule has 1 unspecified atom stereocenters. The monoisotopic (exact) mass is 421 g/mol. The largest absolute Gasteiger partial charge is 0.493 e. The third-order valence-corrected chi connectivity index (χ3v) is 5.94. The number of halogens is 1. The van der Waals surface area contributed by atoms with E-state index in [4.69, 9.17) is 21.1 Å². The molecule has 3 rings (SSSR count). The second-order valence-electron chi connectivity index (χ2n) is 5.55. The number of hydrogen-bond acceptors (Lipinski definition) is 6. The second kappa shape index (κ2) is 8.21. The number of methoxy groups -OCH3 is 2. The van der Waals surface area contributed by atoms with E-state index >= 15 is 0 Å². The van der Waals surface area contributed by atoms with E-state index in [0.29, 0.717) is 27.2 Å². The zero-order valence-electron chi connectivity index (χ0n) is 14.5. The fourth-order valence-corrected chi connectivity index (χ4v) is 3.94. The number of nitrogens with zero attached hydrogens (tertiary/aromatic N) is 1. The summed E-state index contributed by atoms with van der Waals surface area (Å²) in [4.78, 5) is 16.7. The molecule has 0 aliphatic carbocycles. The van der Waals surface area contributed by atoms with Crippen LogP contribution in [-0.4, -0.2) is 30.3 Å². The number of thiazole rings is 1. The van der Waals surface area contributed by atoms with Crippen LogP contribution in [0, 0.1) is 0 Å². The van der Waals surface area contributed by atoms with E-state index < -0.39 is 11.2 Å². The first-order chi connectivity index (χ1) is 12.9. The Bertz CT molecular complexity index is 972. The lowest BCUT2D eigenvalue weighted by atomic mass is 10.1. The normalized spacial score (nSPS) is 11.9. The highest BCUT2D eigenvalue weighted by Gasteiger charge is 2.24. The average molecular weight is 422 g/mol. The predicted octanol–water partition coefficient (Wildman–Crippen LogP) is 5.20. The van der Waals surface area contributed by atoms with E-state index in [2.05, 4.69) is 17.6 Å². The summed E-state index contributed by atoms with van der Waals surface area (Å²) in [7, 11) is 3.13. The SMILES string of the molecule is COc1ccc(-c2sc(C(S)C(=O)O)nc2-c2ccc(Cl)cc2)cc1OC. The lowest BCUT2D eigenvalue weighted by Crippen LogP contribution is -2.04. The summed E-state index contributed by atoms with van der Waals surface area (Å²) >= 11 is 11.4. The van der Waals surface area contributed by atoms with Gasteiger partial charge in [0.15, 0.2) is 16.7 Å². The van der Waals surface area contributed by atoms with E-state index in [9.17, 15) is 9.90 Å². The van der Waals surface area contributed by atoms with E-state index in [1.165, 1.54) is 11.3 Å². The number of carboxylic acid groups (broad SMARTS) is 1. The number of carboxylic acids is 1. The van der Waals surface area contributed by atoms with Gasteiger partial charge in [-0.1, -0.05) is 23.7 Å². The Kier molecular flexibility index (Phi) is 5.94. The van der Waals surface area contributed by atoms with Crippen molar-refractivity contribution >= 4 is 41.5 Å². The van der Waals surface area contributed by atoms with E-state index in [1.807, 2.05) is 24.3 Å². The van der Waals surface area contributed by atoms with Crippen LogP contribution in [0.5, 0.6) is 11.5 Å². The van der Waals surface area contributed by atoms with Gasteiger partial charge in [0.2, 0.25) is 0 Å². The van der Waals surface area contributed by atoms with Crippen molar-refractivity contribution in [2.45, 2.75) is 5.25 Å². The van der Waals surface area contributed by atoms with E-state index in [0.717, 1.165) is 16.0 Å². The number of benzene rings is 2. The molecule has 0 amide bonds. The van der Waals surface area contributed by atoms with Gasteiger partial charge in [-0.3, -0.25) is 4.79 Å². The first-order valence-electron chi connectivity index (χ1n) is 7.84. The Balaban J connectivity index is 2.18. The molecule has 1 atom stereocenters. The van der Waals surface area contributed by atoms with Crippen molar-refractivity contribution in [3.63, 3.8) is 0 Å². The summed E-state index contributed by atoms with van der Waals surface area (Å²) < 4.78 is 10.7. The smallest absolute Gasteiger partial charge is 0.323 e. The molecule has 0 saturated carbocycles. The lowest BCUT2D eigenvalue weighted by molar-refractivity contribution is -0.136. The Morgan fingerprint density at radius 2 is 1.74 bits per heavy atom. The van der Waals surface area contributed by atoms with Crippen molar-refractivity contribution < 1.29 is 19.4 Å². The standard InChI is InChI=1S/C19H16ClNO4S2/c1-24-13-8-5-11(9-14(13)25-2)17-15(10-3-6-12(20)7-4-10)21-18(27-17)16(26)19(22)23/h3-9,16,26H,1-2H3,(H,22,23). The molecule has 0 spiro atoms. The highest BCUT2D eigenvalue weighted by molar-refractivity contribution is 7.81. The molecule has 1 aromatic heterocycles. The van der Waals surface area contributed by atoms with Crippen LogP contribution in [0.3, 0.4) is 0 Å². The number of hydrogen-bond donors (Lipinski definition) is 2. The van der Waals surface area contributed by atoms with Gasteiger partial charge >= 0.3 is 5.97 Å². The molecule has 0 saturated heterocycles. The van der Waals surface area contributed by atoms with Crippen molar-refractivity contribution in [2.24, 2.45) is 0 Å². The fourth-order valence-electron chi connectivity index (χ4n) is 2.54. The minimum atomic E-state index is -1.05. The third kappa shape index (κ3) is 4.05. The van der Waals surface area contributed by atoms with Crippen LogP contribution in [0.1, 0.15) is 10.3 Å². The highest BCUT2D eigenvalue weighted by atomic mass is 35.5. The lowest BCUT2D eigenvalue weighted by Gasteiger charge is -2.09. The van der Waals surface area contributed by atoms with Crippen LogP contribution < -0.4 is 9.47 Å². The van der Waals surface area contributed by atoms with Gasteiger partial charge in [-0.05, 0) is 35.9 Å². The molecule has 0 bridgehead atoms. The third-order valence-electron chi connectivity index (χ3n) is 3.87. The molecule has 0 radical (unpaired) electrons. The molecular weight excluding hydrogens is 406 g/mol. The van der Waals surface area contributed by atoms with Crippen LogP contribution in [0.2, 0.25) is 5.02 Å². The van der Waals surface area contributed by atoms with Gasteiger partial charge in [-0.15, -0.1) is 11.3 Å². The molecule has 140 valence electrons.